The van der Waals surface area contributed by atoms with E-state index < -0.39 is 0 Å². The van der Waals surface area contributed by atoms with E-state index in [0.717, 1.165) is 6.54 Å². The molecule has 0 unspecified atom stereocenters. The third-order valence-corrected chi connectivity index (χ3v) is 4.84. The van der Waals surface area contributed by atoms with Gasteiger partial charge in [-0.2, -0.15) is 0 Å². The average molecular weight is 259 g/mol. The summed E-state index contributed by atoms with van der Waals surface area (Å²) in [6, 6.07) is 9.28. The van der Waals surface area contributed by atoms with E-state index in [9.17, 15) is 0 Å². The van der Waals surface area contributed by atoms with E-state index in [1.807, 2.05) is 0 Å². The van der Waals surface area contributed by atoms with Crippen molar-refractivity contribution in [2.75, 3.05) is 6.54 Å². The van der Waals surface area contributed by atoms with Crippen molar-refractivity contribution in [3.05, 3.63) is 35.4 Å². The number of benzene rings is 1. The molecule has 1 fully saturated rings. The molecule has 1 aliphatic rings. The molecule has 2 rings (SSSR count). The van der Waals surface area contributed by atoms with Crippen molar-refractivity contribution < 1.29 is 0 Å². The highest BCUT2D eigenvalue weighted by molar-refractivity contribution is 5.22. The lowest BCUT2D eigenvalue weighted by Gasteiger charge is -2.28. The zero-order chi connectivity index (χ0) is 13.6. The zero-order valence-corrected chi connectivity index (χ0v) is 12.5. The first-order valence-electron chi connectivity index (χ1n) is 8.06. The van der Waals surface area contributed by atoms with Gasteiger partial charge in [0.2, 0.25) is 0 Å². The molecule has 0 heterocycles. The van der Waals surface area contributed by atoms with Gasteiger partial charge in [0.15, 0.2) is 0 Å². The molecule has 1 nitrogen and oxygen atoms in total. The normalized spacial score (nSPS) is 17.8. The molecule has 1 heteroatoms. The number of hydrogen-bond acceptors (Lipinski definition) is 1. The summed E-state index contributed by atoms with van der Waals surface area (Å²) < 4.78 is 0. The number of hydrogen-bond donors (Lipinski definition) is 1. The lowest BCUT2D eigenvalue weighted by atomic mass is 9.77. The third kappa shape index (κ3) is 4.07. The average Bonchev–Trinajstić information content (AvgIpc) is 2.88. The minimum atomic E-state index is 0.566. The Morgan fingerprint density at radius 3 is 2.05 bits per heavy atom. The highest BCUT2D eigenvalue weighted by atomic mass is 14.5. The molecule has 0 bridgehead atoms. The standard InChI is InChI=1S/C18H29N/c1-2-5-16-6-8-17(9-7-16)10-13-18(14-15-19)11-3-4-12-18/h6-9H,2-5,10-15,19H2,1H3. The Morgan fingerprint density at radius 1 is 0.947 bits per heavy atom. The SMILES string of the molecule is CCCc1ccc(CCC2(CCN)CCCC2)cc1. The second-order valence-corrected chi connectivity index (χ2v) is 6.31. The molecule has 0 amide bonds. The highest BCUT2D eigenvalue weighted by Gasteiger charge is 2.32. The number of aryl methyl sites for hydroxylation is 2. The van der Waals surface area contributed by atoms with E-state index in [-0.39, 0.29) is 0 Å². The Bertz CT molecular complexity index is 360. The Balaban J connectivity index is 1.89. The summed E-state index contributed by atoms with van der Waals surface area (Å²) in [6.07, 6.45) is 11.8. The molecular weight excluding hydrogens is 230 g/mol. The van der Waals surface area contributed by atoms with Crippen LogP contribution in [0.3, 0.4) is 0 Å². The second-order valence-electron chi connectivity index (χ2n) is 6.31. The lowest BCUT2D eigenvalue weighted by Crippen LogP contribution is -2.21. The Morgan fingerprint density at radius 2 is 1.53 bits per heavy atom. The van der Waals surface area contributed by atoms with Crippen molar-refractivity contribution in [1.82, 2.24) is 0 Å². The van der Waals surface area contributed by atoms with Crippen LogP contribution in [0.15, 0.2) is 24.3 Å². The highest BCUT2D eigenvalue weighted by Crippen LogP contribution is 2.44. The molecule has 1 aromatic carbocycles. The summed E-state index contributed by atoms with van der Waals surface area (Å²) >= 11 is 0. The first-order valence-corrected chi connectivity index (χ1v) is 8.06. The molecule has 106 valence electrons. The van der Waals surface area contributed by atoms with Gasteiger partial charge in [0.05, 0.1) is 0 Å². The molecule has 1 aromatic rings. The second kappa shape index (κ2) is 7.09. The summed E-state index contributed by atoms with van der Waals surface area (Å²) in [4.78, 5) is 0. The van der Waals surface area contributed by atoms with Gasteiger partial charge in [-0.25, -0.2) is 0 Å². The van der Waals surface area contributed by atoms with Gasteiger partial charge in [0.1, 0.15) is 0 Å². The van der Waals surface area contributed by atoms with Gasteiger partial charge in [0, 0.05) is 0 Å². The molecule has 1 saturated carbocycles. The van der Waals surface area contributed by atoms with Crippen LogP contribution in [0.25, 0.3) is 0 Å². The van der Waals surface area contributed by atoms with E-state index in [1.54, 1.807) is 0 Å². The summed E-state index contributed by atoms with van der Waals surface area (Å²) in [5, 5.41) is 0. The molecule has 2 N–H and O–H groups in total. The minimum Gasteiger partial charge on any atom is -0.330 e. The number of nitrogens with two attached hydrogens (primary N) is 1. The van der Waals surface area contributed by atoms with Gasteiger partial charge in [-0.1, -0.05) is 50.5 Å². The molecule has 0 spiro atoms. The van der Waals surface area contributed by atoms with Crippen LogP contribution in [0.1, 0.15) is 63.0 Å². The van der Waals surface area contributed by atoms with Crippen LogP contribution in [0, 0.1) is 5.41 Å². The fraction of sp³-hybridized carbons (Fsp3) is 0.667. The van der Waals surface area contributed by atoms with Crippen LogP contribution in [0.2, 0.25) is 0 Å². The fourth-order valence-electron chi connectivity index (χ4n) is 3.63. The molecule has 0 saturated heterocycles. The molecular formula is C18H29N. The van der Waals surface area contributed by atoms with Crippen LogP contribution in [-0.4, -0.2) is 6.54 Å². The summed E-state index contributed by atoms with van der Waals surface area (Å²) in [5.74, 6) is 0. The maximum Gasteiger partial charge on any atom is -0.00720 e. The quantitative estimate of drug-likeness (QED) is 0.767. The summed E-state index contributed by atoms with van der Waals surface area (Å²) in [6.45, 7) is 3.10. The van der Waals surface area contributed by atoms with Gasteiger partial charge < -0.3 is 5.73 Å². The Kier molecular flexibility index (Phi) is 5.45. The van der Waals surface area contributed by atoms with Crippen LogP contribution < -0.4 is 5.73 Å². The first-order chi connectivity index (χ1) is 9.28. The summed E-state index contributed by atoms with van der Waals surface area (Å²) in [5.41, 5.74) is 9.36. The van der Waals surface area contributed by atoms with E-state index in [4.69, 9.17) is 5.73 Å². The van der Waals surface area contributed by atoms with Crippen molar-refractivity contribution in [3.8, 4) is 0 Å². The van der Waals surface area contributed by atoms with Crippen LogP contribution in [-0.2, 0) is 12.8 Å². The Hall–Kier alpha value is -0.820. The van der Waals surface area contributed by atoms with E-state index in [0.29, 0.717) is 5.41 Å². The van der Waals surface area contributed by atoms with E-state index in [2.05, 4.69) is 31.2 Å². The van der Waals surface area contributed by atoms with Crippen LogP contribution in [0.4, 0.5) is 0 Å². The first kappa shape index (κ1) is 14.6. The van der Waals surface area contributed by atoms with Crippen molar-refractivity contribution in [3.63, 3.8) is 0 Å². The van der Waals surface area contributed by atoms with Gasteiger partial charge in [-0.3, -0.25) is 0 Å². The van der Waals surface area contributed by atoms with Crippen molar-refractivity contribution in [2.24, 2.45) is 11.1 Å². The third-order valence-electron chi connectivity index (χ3n) is 4.84. The fourth-order valence-corrected chi connectivity index (χ4v) is 3.63. The van der Waals surface area contributed by atoms with E-state index >= 15 is 0 Å². The van der Waals surface area contributed by atoms with Gasteiger partial charge in [0.25, 0.3) is 0 Å². The Labute approximate surface area is 118 Å². The van der Waals surface area contributed by atoms with Gasteiger partial charge >= 0.3 is 0 Å². The monoisotopic (exact) mass is 259 g/mol. The zero-order valence-electron chi connectivity index (χ0n) is 12.5. The lowest BCUT2D eigenvalue weighted by molar-refractivity contribution is 0.253. The van der Waals surface area contributed by atoms with Gasteiger partial charge in [-0.05, 0) is 61.6 Å². The molecule has 0 radical (unpaired) electrons. The topological polar surface area (TPSA) is 26.0 Å². The maximum atomic E-state index is 5.82. The smallest absolute Gasteiger partial charge is 0.00720 e. The molecule has 0 atom stereocenters. The van der Waals surface area contributed by atoms with Crippen molar-refractivity contribution >= 4 is 0 Å². The van der Waals surface area contributed by atoms with Crippen LogP contribution >= 0.6 is 0 Å². The summed E-state index contributed by atoms with van der Waals surface area (Å²) in [7, 11) is 0. The molecule has 0 aliphatic heterocycles. The van der Waals surface area contributed by atoms with Gasteiger partial charge in [-0.15, -0.1) is 0 Å². The molecule has 19 heavy (non-hydrogen) atoms. The van der Waals surface area contributed by atoms with Crippen LogP contribution in [0.5, 0.6) is 0 Å². The van der Waals surface area contributed by atoms with Crippen molar-refractivity contribution in [1.29, 1.82) is 0 Å². The minimum absolute atomic E-state index is 0.566. The largest absolute Gasteiger partial charge is 0.330 e. The van der Waals surface area contributed by atoms with Crippen molar-refractivity contribution in [2.45, 2.75) is 64.7 Å². The predicted octanol–water partition coefficient (Wildman–Crippen LogP) is 4.48. The molecule has 0 aromatic heterocycles. The predicted molar refractivity (Wildman–Crippen MR) is 83.3 cm³/mol. The maximum absolute atomic E-state index is 5.82. The van der Waals surface area contributed by atoms with E-state index in [1.165, 1.54) is 68.9 Å². The number of rotatable bonds is 7. The molecule has 1 aliphatic carbocycles.